The molecule has 7 heteroatoms. The number of methoxy groups -OCH3 is 1. The Kier molecular flexibility index (Phi) is 5.32. The van der Waals surface area contributed by atoms with Crippen molar-refractivity contribution in [3.63, 3.8) is 0 Å². The van der Waals surface area contributed by atoms with Gasteiger partial charge >= 0.3 is 11.9 Å². The molecule has 142 valence electrons. The zero-order chi connectivity index (χ0) is 19.6. The maximum Gasteiger partial charge on any atom is 0.308 e. The highest BCUT2D eigenvalue weighted by molar-refractivity contribution is 5.70. The fourth-order valence-corrected chi connectivity index (χ4v) is 3.03. The lowest BCUT2D eigenvalue weighted by molar-refractivity contribution is -0.132. The van der Waals surface area contributed by atoms with E-state index in [9.17, 15) is 14.7 Å². The minimum Gasteiger partial charge on any atom is -0.493 e. The van der Waals surface area contributed by atoms with Gasteiger partial charge in [0.1, 0.15) is 11.5 Å². The predicted molar refractivity (Wildman–Crippen MR) is 95.2 cm³/mol. The fraction of sp³-hybridized carbons (Fsp3) is 0.300. The van der Waals surface area contributed by atoms with E-state index in [-0.39, 0.29) is 12.5 Å². The fourth-order valence-electron chi connectivity index (χ4n) is 3.03. The third-order valence-electron chi connectivity index (χ3n) is 4.23. The van der Waals surface area contributed by atoms with Crippen molar-refractivity contribution in [3.05, 3.63) is 47.5 Å². The van der Waals surface area contributed by atoms with Gasteiger partial charge in [-0.1, -0.05) is 6.07 Å². The van der Waals surface area contributed by atoms with E-state index in [0.717, 1.165) is 5.56 Å². The highest BCUT2D eigenvalue weighted by atomic mass is 16.6. The number of esters is 2. The first kappa shape index (κ1) is 18.7. The molecule has 0 fully saturated rings. The maximum atomic E-state index is 11.2. The maximum absolute atomic E-state index is 11.2. The van der Waals surface area contributed by atoms with Gasteiger partial charge in [-0.15, -0.1) is 0 Å². The predicted octanol–water partition coefficient (Wildman–Crippen LogP) is 2.76. The summed E-state index contributed by atoms with van der Waals surface area (Å²) in [7, 11) is 1.48. The van der Waals surface area contributed by atoms with Crippen molar-refractivity contribution in [3.8, 4) is 23.0 Å². The summed E-state index contributed by atoms with van der Waals surface area (Å²) in [6, 6.07) is 9.97. The third kappa shape index (κ3) is 4.03. The van der Waals surface area contributed by atoms with Crippen LogP contribution in [0, 0.1) is 0 Å². The van der Waals surface area contributed by atoms with E-state index < -0.39 is 18.0 Å². The molecule has 0 amide bonds. The molecule has 0 aliphatic carbocycles. The molecule has 27 heavy (non-hydrogen) atoms. The Labute approximate surface area is 156 Å². The summed E-state index contributed by atoms with van der Waals surface area (Å²) in [6.07, 6.45) is -0.815. The van der Waals surface area contributed by atoms with Crippen molar-refractivity contribution in [2.45, 2.75) is 25.9 Å². The topological polar surface area (TPSA) is 91.3 Å². The molecule has 1 unspecified atom stereocenters. The van der Waals surface area contributed by atoms with Crippen LogP contribution in [0.3, 0.4) is 0 Å². The largest absolute Gasteiger partial charge is 0.493 e. The summed E-state index contributed by atoms with van der Waals surface area (Å²) < 4.78 is 21.2. The number of hydrogen-bond donors (Lipinski definition) is 1. The van der Waals surface area contributed by atoms with E-state index in [2.05, 4.69) is 0 Å². The van der Waals surface area contributed by atoms with Crippen LogP contribution in [0.4, 0.5) is 0 Å². The molecule has 0 spiro atoms. The number of aliphatic hydroxyl groups is 1. The SMILES string of the molecule is COc1cc(C2COc3cc(OC(C)=O)ccc3[C@H]2O)ccc1OC(C)=O. The highest BCUT2D eigenvalue weighted by Gasteiger charge is 2.31. The summed E-state index contributed by atoms with van der Waals surface area (Å²) in [6.45, 7) is 2.86. The van der Waals surface area contributed by atoms with E-state index in [0.29, 0.717) is 28.6 Å². The Hall–Kier alpha value is -3.06. The van der Waals surface area contributed by atoms with Crippen LogP contribution in [0.5, 0.6) is 23.0 Å². The zero-order valence-electron chi connectivity index (χ0n) is 15.2. The summed E-state index contributed by atoms with van der Waals surface area (Å²) >= 11 is 0. The van der Waals surface area contributed by atoms with Gasteiger partial charge in [0.25, 0.3) is 0 Å². The first-order valence-corrected chi connectivity index (χ1v) is 8.38. The van der Waals surface area contributed by atoms with Crippen LogP contribution < -0.4 is 18.9 Å². The lowest BCUT2D eigenvalue weighted by Crippen LogP contribution is -2.24. The molecule has 0 saturated heterocycles. The molecule has 7 nitrogen and oxygen atoms in total. The molecule has 2 aromatic carbocycles. The second-order valence-corrected chi connectivity index (χ2v) is 6.16. The van der Waals surface area contributed by atoms with Crippen LogP contribution in [-0.4, -0.2) is 30.8 Å². The average Bonchev–Trinajstić information content (AvgIpc) is 2.61. The van der Waals surface area contributed by atoms with E-state index in [1.807, 2.05) is 0 Å². The summed E-state index contributed by atoms with van der Waals surface area (Å²) in [5, 5.41) is 10.8. The highest BCUT2D eigenvalue weighted by Crippen LogP contribution is 2.43. The van der Waals surface area contributed by atoms with Gasteiger partial charge in [-0.25, -0.2) is 0 Å². The van der Waals surface area contributed by atoms with E-state index >= 15 is 0 Å². The Morgan fingerprint density at radius 3 is 2.44 bits per heavy atom. The number of carbonyl (C=O) groups excluding carboxylic acids is 2. The molecule has 2 aromatic rings. The van der Waals surface area contributed by atoms with Crippen LogP contribution in [0.2, 0.25) is 0 Å². The molecule has 2 atom stereocenters. The van der Waals surface area contributed by atoms with Gasteiger partial charge < -0.3 is 24.1 Å². The Morgan fingerprint density at radius 1 is 1.04 bits per heavy atom. The van der Waals surface area contributed by atoms with Crippen LogP contribution in [0.25, 0.3) is 0 Å². The van der Waals surface area contributed by atoms with Crippen LogP contribution >= 0.6 is 0 Å². The van der Waals surface area contributed by atoms with E-state index in [1.54, 1.807) is 36.4 Å². The monoisotopic (exact) mass is 372 g/mol. The second-order valence-electron chi connectivity index (χ2n) is 6.16. The van der Waals surface area contributed by atoms with Crippen molar-refractivity contribution in [2.75, 3.05) is 13.7 Å². The molecule has 1 N–H and O–H groups in total. The number of ether oxygens (including phenoxy) is 4. The molecule has 1 heterocycles. The number of benzene rings is 2. The first-order chi connectivity index (χ1) is 12.9. The molecule has 0 radical (unpaired) electrons. The normalized spacial score (nSPS) is 18.1. The van der Waals surface area contributed by atoms with Crippen LogP contribution in [-0.2, 0) is 9.59 Å². The van der Waals surface area contributed by atoms with Crippen molar-refractivity contribution in [2.24, 2.45) is 0 Å². The lowest BCUT2D eigenvalue weighted by atomic mass is 9.87. The molecule has 1 aliphatic heterocycles. The molecule has 1 aliphatic rings. The first-order valence-electron chi connectivity index (χ1n) is 8.38. The van der Waals surface area contributed by atoms with Gasteiger partial charge in [0.15, 0.2) is 11.5 Å². The van der Waals surface area contributed by atoms with E-state index in [1.165, 1.54) is 21.0 Å². The number of carbonyl (C=O) groups is 2. The van der Waals surface area contributed by atoms with Crippen molar-refractivity contribution in [1.82, 2.24) is 0 Å². The smallest absolute Gasteiger partial charge is 0.308 e. The van der Waals surface area contributed by atoms with Crippen molar-refractivity contribution >= 4 is 11.9 Å². The van der Waals surface area contributed by atoms with Crippen molar-refractivity contribution in [1.29, 1.82) is 0 Å². The molecular weight excluding hydrogens is 352 g/mol. The molecular formula is C20H20O7. The van der Waals surface area contributed by atoms with Gasteiger partial charge in [0, 0.05) is 31.4 Å². The number of hydrogen-bond acceptors (Lipinski definition) is 7. The van der Waals surface area contributed by atoms with Gasteiger partial charge in [0.2, 0.25) is 0 Å². The van der Waals surface area contributed by atoms with Gasteiger partial charge in [-0.2, -0.15) is 0 Å². The standard InChI is InChI=1S/C20H20O7/c1-11(21)26-14-5-6-15-18(9-14)25-10-16(20(15)23)13-4-7-17(27-12(2)22)19(8-13)24-3/h4-9,16,20,23H,10H2,1-3H3/t16?,20-/m1/s1. The summed E-state index contributed by atoms with van der Waals surface area (Å²) in [5.74, 6) is 0.332. The number of aliphatic hydroxyl groups excluding tert-OH is 1. The Balaban J connectivity index is 1.87. The average molecular weight is 372 g/mol. The third-order valence-corrected chi connectivity index (χ3v) is 4.23. The molecule has 3 rings (SSSR count). The minimum atomic E-state index is -0.815. The molecule has 0 bridgehead atoms. The lowest BCUT2D eigenvalue weighted by Gasteiger charge is -2.31. The quantitative estimate of drug-likeness (QED) is 0.652. The van der Waals surface area contributed by atoms with Crippen LogP contribution in [0.1, 0.15) is 37.0 Å². The summed E-state index contributed by atoms with van der Waals surface area (Å²) in [5.41, 5.74) is 1.38. The second kappa shape index (κ2) is 7.67. The van der Waals surface area contributed by atoms with Crippen molar-refractivity contribution < 1.29 is 33.6 Å². The van der Waals surface area contributed by atoms with E-state index in [4.69, 9.17) is 18.9 Å². The number of fused-ring (bicyclic) bond motifs is 1. The minimum absolute atomic E-state index is 0.230. The molecule has 0 aromatic heterocycles. The number of rotatable bonds is 4. The zero-order valence-corrected chi connectivity index (χ0v) is 15.2. The Morgan fingerprint density at radius 2 is 1.78 bits per heavy atom. The summed E-state index contributed by atoms with van der Waals surface area (Å²) in [4.78, 5) is 22.3. The molecule has 0 saturated carbocycles. The van der Waals surface area contributed by atoms with Gasteiger partial charge in [-0.05, 0) is 29.8 Å². The van der Waals surface area contributed by atoms with Gasteiger partial charge in [0.05, 0.1) is 19.8 Å². The Bertz CT molecular complexity index is 875. The van der Waals surface area contributed by atoms with Gasteiger partial charge in [-0.3, -0.25) is 9.59 Å². The van der Waals surface area contributed by atoms with Crippen LogP contribution in [0.15, 0.2) is 36.4 Å².